The molecule has 0 aromatic rings. The number of aliphatic hydroxyl groups excluding tert-OH is 15. The van der Waals surface area contributed by atoms with Crippen molar-refractivity contribution in [2.45, 2.75) is 135 Å². The predicted molar refractivity (Wildman–Crippen MR) is 164 cm³/mol. The number of ether oxygens (including phenoxy) is 7. The third-order valence-electron chi connectivity index (χ3n) is 9.68. The first-order chi connectivity index (χ1) is 25.9. The molecule has 26 nitrogen and oxygen atoms in total. The van der Waals surface area contributed by atoms with Crippen LogP contribution in [0.25, 0.3) is 0 Å². The van der Waals surface area contributed by atoms with E-state index in [4.69, 9.17) is 33.2 Å². The third kappa shape index (κ3) is 9.69. The Hall–Kier alpha value is -1.94. The van der Waals surface area contributed by atoms with Crippen molar-refractivity contribution in [2.75, 3.05) is 33.0 Å². The van der Waals surface area contributed by atoms with Crippen LogP contribution in [0.5, 0.6) is 0 Å². The zero-order valence-electron chi connectivity index (χ0n) is 28.6. The Morgan fingerprint density at radius 1 is 0.709 bits per heavy atom. The molecule has 17 N–H and O–H groups in total. The molecule has 4 heterocycles. The summed E-state index contributed by atoms with van der Waals surface area (Å²) in [6.07, 6.45) is -38.9. The zero-order chi connectivity index (χ0) is 41.1. The summed E-state index contributed by atoms with van der Waals surface area (Å²) in [4.78, 5) is 24.7. The smallest absolute Gasteiger partial charge is 0.364 e. The maximum absolute atomic E-state index is 12.7. The van der Waals surface area contributed by atoms with Crippen LogP contribution in [0.4, 0.5) is 0 Å². The number of carbonyl (C=O) groups excluding carboxylic acids is 1. The summed E-state index contributed by atoms with van der Waals surface area (Å²) in [6.45, 7) is -5.26. The van der Waals surface area contributed by atoms with Gasteiger partial charge in [0.2, 0.25) is 5.91 Å². The minimum atomic E-state index is -3.03. The molecule has 0 saturated carbocycles. The van der Waals surface area contributed by atoms with Crippen molar-refractivity contribution in [3.8, 4) is 0 Å². The lowest BCUT2D eigenvalue weighted by molar-refractivity contribution is -0.384. The standard InChI is InChI=1S/C29H49NO25/c31-2-8(36)14(38)23-13(30-12(37)5-34)7(35)1-29(55-23,28(47)48)49-6-11-16(40)24(54-26-20(44)17(41)15(39)9(3-32)51-26)21(45)27(52-11)53-22-10(4-33)50-25(46)19(43)18(22)42/h7-11,13-27,31-36,38-46H,1-6H2,(H,30,37)(H,47,48)/t7-,8+,9+,10+,11+,13+,14+,15-,16-,17-,18-,19+,20+,21+,22+,23+,24-,25?,26-,27-,29+/m0/s1. The molecule has 4 fully saturated rings. The molecule has 55 heavy (non-hydrogen) atoms. The van der Waals surface area contributed by atoms with Crippen molar-refractivity contribution in [2.24, 2.45) is 0 Å². The van der Waals surface area contributed by atoms with E-state index in [0.717, 1.165) is 0 Å². The van der Waals surface area contributed by atoms with Gasteiger partial charge >= 0.3 is 5.97 Å². The van der Waals surface area contributed by atoms with Gasteiger partial charge in [-0.15, -0.1) is 0 Å². The predicted octanol–water partition coefficient (Wildman–Crippen LogP) is -11.4. The number of amides is 1. The number of carboxylic acid groups (broad SMARTS) is 1. The highest BCUT2D eigenvalue weighted by atomic mass is 16.8. The van der Waals surface area contributed by atoms with Crippen LogP contribution in [0.2, 0.25) is 0 Å². The number of nitrogens with one attached hydrogen (secondary N) is 1. The molecule has 0 spiro atoms. The highest BCUT2D eigenvalue weighted by Gasteiger charge is 2.58. The maximum Gasteiger partial charge on any atom is 0.364 e. The number of carboxylic acids is 1. The minimum absolute atomic E-state index is 0.916. The zero-order valence-corrected chi connectivity index (χ0v) is 28.6. The monoisotopic (exact) mass is 811 g/mol. The molecule has 0 aliphatic carbocycles. The van der Waals surface area contributed by atoms with Gasteiger partial charge in [-0.2, -0.15) is 0 Å². The van der Waals surface area contributed by atoms with Crippen LogP contribution in [0.3, 0.4) is 0 Å². The number of carbonyl (C=O) groups is 2. The van der Waals surface area contributed by atoms with Crippen molar-refractivity contribution in [3.63, 3.8) is 0 Å². The average molecular weight is 812 g/mol. The molecule has 26 heteroatoms. The molecule has 320 valence electrons. The number of rotatable bonds is 15. The number of aliphatic carboxylic acids is 1. The van der Waals surface area contributed by atoms with E-state index in [1.54, 1.807) is 0 Å². The molecule has 0 radical (unpaired) electrons. The lowest BCUT2D eigenvalue weighted by Crippen LogP contribution is -2.69. The summed E-state index contributed by atoms with van der Waals surface area (Å²) in [5, 5.41) is 166. The molecule has 21 atom stereocenters. The van der Waals surface area contributed by atoms with Gasteiger partial charge in [0.25, 0.3) is 5.79 Å². The Morgan fingerprint density at radius 3 is 1.89 bits per heavy atom. The van der Waals surface area contributed by atoms with E-state index in [1.807, 2.05) is 0 Å². The topological polar surface area (TPSA) is 434 Å². The van der Waals surface area contributed by atoms with Gasteiger partial charge in [0.15, 0.2) is 18.9 Å². The van der Waals surface area contributed by atoms with E-state index < -0.39 is 180 Å². The second kappa shape index (κ2) is 19.2. The quantitative estimate of drug-likeness (QED) is 0.0730. The highest BCUT2D eigenvalue weighted by Crippen LogP contribution is 2.36. The Kier molecular flexibility index (Phi) is 16.0. The summed E-state index contributed by atoms with van der Waals surface area (Å²) in [5.74, 6) is -6.15. The molecule has 4 aliphatic heterocycles. The number of hydrogen-bond donors (Lipinski definition) is 17. The Labute approximate surface area is 309 Å². The van der Waals surface area contributed by atoms with Gasteiger partial charge in [0.1, 0.15) is 98.2 Å². The van der Waals surface area contributed by atoms with E-state index >= 15 is 0 Å². The van der Waals surface area contributed by atoms with E-state index in [9.17, 15) is 91.3 Å². The van der Waals surface area contributed by atoms with Gasteiger partial charge in [-0.05, 0) is 0 Å². The first-order valence-electron chi connectivity index (χ1n) is 16.9. The molecule has 0 bridgehead atoms. The summed E-state index contributed by atoms with van der Waals surface area (Å²) in [5.41, 5.74) is 0. The Morgan fingerprint density at radius 2 is 1.31 bits per heavy atom. The summed E-state index contributed by atoms with van der Waals surface area (Å²) < 4.78 is 38.2. The van der Waals surface area contributed by atoms with Crippen molar-refractivity contribution < 1.29 is 124 Å². The fourth-order valence-electron chi connectivity index (χ4n) is 6.53. The van der Waals surface area contributed by atoms with Crippen LogP contribution in [0.15, 0.2) is 0 Å². The fourth-order valence-corrected chi connectivity index (χ4v) is 6.53. The largest absolute Gasteiger partial charge is 0.477 e. The molecule has 4 rings (SSSR count). The Bertz CT molecular complexity index is 1250. The van der Waals surface area contributed by atoms with Crippen LogP contribution in [-0.2, 0) is 42.7 Å². The Balaban J connectivity index is 1.66. The summed E-state index contributed by atoms with van der Waals surface area (Å²) in [7, 11) is 0. The molecule has 0 aromatic heterocycles. The molecule has 4 aliphatic rings. The first-order valence-corrected chi connectivity index (χ1v) is 16.9. The summed E-state index contributed by atoms with van der Waals surface area (Å²) in [6, 6.07) is -1.72. The van der Waals surface area contributed by atoms with Crippen LogP contribution < -0.4 is 5.32 Å². The van der Waals surface area contributed by atoms with Gasteiger partial charge in [-0.25, -0.2) is 4.79 Å². The number of aliphatic hydroxyl groups is 15. The van der Waals surface area contributed by atoms with Crippen molar-refractivity contribution in [3.05, 3.63) is 0 Å². The lowest BCUT2D eigenvalue weighted by atomic mass is 9.88. The van der Waals surface area contributed by atoms with Gasteiger partial charge < -0.3 is 120 Å². The van der Waals surface area contributed by atoms with E-state index in [0.29, 0.717) is 0 Å². The molecule has 4 saturated heterocycles. The van der Waals surface area contributed by atoms with Gasteiger partial charge in [-0.1, -0.05) is 0 Å². The van der Waals surface area contributed by atoms with E-state index in [-0.39, 0.29) is 0 Å². The van der Waals surface area contributed by atoms with E-state index in [2.05, 4.69) is 5.32 Å². The molecular weight excluding hydrogens is 762 g/mol. The van der Waals surface area contributed by atoms with Gasteiger partial charge in [0, 0.05) is 6.42 Å². The van der Waals surface area contributed by atoms with Gasteiger partial charge in [-0.3, -0.25) is 4.79 Å². The third-order valence-corrected chi connectivity index (χ3v) is 9.68. The normalized spacial score (nSPS) is 46.5. The van der Waals surface area contributed by atoms with Crippen molar-refractivity contribution in [1.82, 2.24) is 5.32 Å². The molecule has 0 aromatic carbocycles. The fraction of sp³-hybridized carbons (Fsp3) is 0.931. The minimum Gasteiger partial charge on any atom is -0.477 e. The molecule has 1 unspecified atom stereocenters. The van der Waals surface area contributed by atoms with Crippen molar-refractivity contribution >= 4 is 11.9 Å². The second-order valence-electron chi connectivity index (χ2n) is 13.4. The first kappa shape index (κ1) is 45.8. The van der Waals surface area contributed by atoms with Gasteiger partial charge in [0.05, 0.1) is 38.6 Å². The summed E-state index contributed by atoms with van der Waals surface area (Å²) >= 11 is 0. The number of hydrogen-bond acceptors (Lipinski definition) is 24. The van der Waals surface area contributed by atoms with Crippen LogP contribution in [0.1, 0.15) is 6.42 Å². The molecular formula is C29H49NO25. The maximum atomic E-state index is 12.7. The lowest BCUT2D eigenvalue weighted by Gasteiger charge is -2.49. The van der Waals surface area contributed by atoms with E-state index in [1.165, 1.54) is 0 Å². The van der Waals surface area contributed by atoms with Crippen molar-refractivity contribution in [1.29, 1.82) is 0 Å². The highest BCUT2D eigenvalue weighted by molar-refractivity contribution is 5.78. The molecule has 1 amide bonds. The van der Waals surface area contributed by atoms with Crippen LogP contribution >= 0.6 is 0 Å². The van der Waals surface area contributed by atoms with Crippen LogP contribution in [-0.4, -0.2) is 255 Å². The van der Waals surface area contributed by atoms with Crippen LogP contribution in [0, 0.1) is 0 Å². The SMILES string of the molecule is O=C(CO)N[C@H]1[C@H]([C@H](O)[C@H](O)CO)O[C@@](OC[C@H]2O[C@@H](O[C@H]3[C@@H](O)[C@@H](O)C(O)O[C@@H]3CO)[C@H](O)[C@@H](O[C@@H]3O[C@H](CO)[C@H](O)[C@H](O)[C@H]3O)[C@H]2O)(C(=O)O)C[C@@H]1O. The average Bonchev–Trinajstić information content (AvgIpc) is 3.16. The second-order valence-corrected chi connectivity index (χ2v) is 13.4.